The maximum absolute atomic E-state index is 14.4. The Morgan fingerprint density at radius 1 is 1.09 bits per heavy atom. The van der Waals surface area contributed by atoms with Crippen LogP contribution < -0.4 is 10.9 Å². The number of hydrogen-bond donors (Lipinski definition) is 1. The summed E-state index contributed by atoms with van der Waals surface area (Å²) < 4.78 is 46.9. The summed E-state index contributed by atoms with van der Waals surface area (Å²) in [6.45, 7) is 1.62. The van der Waals surface area contributed by atoms with Crippen molar-refractivity contribution in [2.24, 2.45) is 0 Å². The monoisotopic (exact) mass is 473 g/mol. The Hall–Kier alpha value is -3.99. The number of carbonyl (C=O) groups excluding carboxylic acids is 2. The molecule has 0 unspecified atom stereocenters. The second-order valence-electron chi connectivity index (χ2n) is 6.67. The van der Waals surface area contributed by atoms with Crippen molar-refractivity contribution >= 4 is 39.0 Å². The Morgan fingerprint density at radius 3 is 2.55 bits per heavy atom. The Labute approximate surface area is 188 Å². The van der Waals surface area contributed by atoms with Crippen molar-refractivity contribution in [2.75, 3.05) is 11.9 Å². The Morgan fingerprint density at radius 2 is 1.85 bits per heavy atom. The number of amides is 1. The third kappa shape index (κ3) is 4.10. The van der Waals surface area contributed by atoms with Crippen LogP contribution in [0.15, 0.2) is 52.6 Å². The van der Waals surface area contributed by atoms with Crippen LogP contribution in [-0.2, 0) is 4.74 Å². The van der Waals surface area contributed by atoms with Gasteiger partial charge in [-0.1, -0.05) is 12.1 Å². The molecule has 4 rings (SSSR count). The minimum Gasteiger partial charge on any atom is -0.461 e. The number of anilines is 1. The summed E-state index contributed by atoms with van der Waals surface area (Å²) >= 11 is 0.910. The molecule has 1 N–H and O–H groups in total. The predicted molar refractivity (Wildman–Crippen MR) is 115 cm³/mol. The zero-order chi connectivity index (χ0) is 23.7. The highest BCUT2D eigenvalue weighted by Gasteiger charge is 2.24. The normalized spacial score (nSPS) is 10.9. The number of nitrogens with zero attached hydrogens (tertiary/aromatic N) is 2. The number of aromatic nitrogens is 2. The van der Waals surface area contributed by atoms with Gasteiger partial charge in [-0.3, -0.25) is 9.59 Å². The Balaban J connectivity index is 1.89. The zero-order valence-corrected chi connectivity index (χ0v) is 17.7. The highest BCUT2D eigenvalue weighted by Crippen LogP contribution is 2.31. The first-order valence-electron chi connectivity index (χ1n) is 9.54. The molecule has 33 heavy (non-hydrogen) atoms. The summed E-state index contributed by atoms with van der Waals surface area (Å²) in [4.78, 5) is 38.3. The summed E-state index contributed by atoms with van der Waals surface area (Å²) in [6.07, 6.45) is 0. The second-order valence-corrected chi connectivity index (χ2v) is 7.55. The van der Waals surface area contributed by atoms with Crippen LogP contribution in [0, 0.1) is 17.5 Å². The number of thiophene rings is 1. The van der Waals surface area contributed by atoms with Crippen molar-refractivity contribution in [2.45, 2.75) is 6.92 Å². The quantitative estimate of drug-likeness (QED) is 0.437. The Bertz CT molecular complexity index is 1470. The fourth-order valence-electron chi connectivity index (χ4n) is 3.09. The zero-order valence-electron chi connectivity index (χ0n) is 16.9. The molecule has 0 fully saturated rings. The topological polar surface area (TPSA) is 90.3 Å². The van der Waals surface area contributed by atoms with E-state index in [1.807, 2.05) is 0 Å². The molecule has 0 aliphatic carbocycles. The lowest BCUT2D eigenvalue weighted by molar-refractivity contribution is 0.0519. The van der Waals surface area contributed by atoms with Gasteiger partial charge in [-0.2, -0.15) is 9.78 Å². The number of hydrogen-bond acceptors (Lipinski definition) is 6. The van der Waals surface area contributed by atoms with Gasteiger partial charge in [0.25, 0.3) is 11.5 Å². The molecule has 0 atom stereocenters. The van der Waals surface area contributed by atoms with Crippen LogP contribution in [0.5, 0.6) is 0 Å². The highest BCUT2D eigenvalue weighted by atomic mass is 32.1. The number of halogens is 3. The van der Waals surface area contributed by atoms with Crippen molar-refractivity contribution in [3.8, 4) is 5.69 Å². The van der Waals surface area contributed by atoms with Gasteiger partial charge < -0.3 is 10.1 Å². The average molecular weight is 473 g/mol. The minimum absolute atomic E-state index is 0.0165. The molecule has 0 bridgehead atoms. The molecule has 0 aliphatic heterocycles. The van der Waals surface area contributed by atoms with E-state index in [9.17, 15) is 27.6 Å². The molecule has 0 radical (unpaired) electrons. The molecule has 168 valence electrons. The molecule has 7 nitrogen and oxygen atoms in total. The van der Waals surface area contributed by atoms with E-state index >= 15 is 0 Å². The van der Waals surface area contributed by atoms with E-state index in [-0.39, 0.29) is 39.3 Å². The van der Waals surface area contributed by atoms with Crippen molar-refractivity contribution in [3.63, 3.8) is 0 Å². The van der Waals surface area contributed by atoms with E-state index < -0.39 is 34.9 Å². The Kier molecular flexibility index (Phi) is 5.97. The number of benzene rings is 2. The first-order valence-corrected chi connectivity index (χ1v) is 10.4. The van der Waals surface area contributed by atoms with E-state index in [0.717, 1.165) is 29.5 Å². The van der Waals surface area contributed by atoms with Crippen molar-refractivity contribution < 1.29 is 27.5 Å². The van der Waals surface area contributed by atoms with Crippen LogP contribution in [0.25, 0.3) is 16.5 Å². The maximum atomic E-state index is 14.4. The van der Waals surface area contributed by atoms with Crippen LogP contribution in [0.1, 0.15) is 27.8 Å². The highest BCUT2D eigenvalue weighted by molar-refractivity contribution is 7.16. The molecule has 2 heterocycles. The molecular formula is C22H14F3N3O4S. The van der Waals surface area contributed by atoms with Crippen LogP contribution in [0.2, 0.25) is 0 Å². The van der Waals surface area contributed by atoms with Gasteiger partial charge in [0.05, 0.1) is 12.0 Å². The number of fused-ring (bicyclic) bond motifs is 1. The first-order chi connectivity index (χ1) is 15.8. The SMILES string of the molecule is CCOC(=O)c1nn(-c2ccccc2F)c(=O)c2c(NC(=O)c3ccc(F)c(F)c3)scc12. The number of para-hydroxylation sites is 1. The maximum Gasteiger partial charge on any atom is 0.359 e. The van der Waals surface area contributed by atoms with Crippen molar-refractivity contribution in [3.05, 3.63) is 86.9 Å². The minimum atomic E-state index is -1.21. The summed E-state index contributed by atoms with van der Waals surface area (Å²) in [5, 5.41) is 7.89. The lowest BCUT2D eigenvalue weighted by Crippen LogP contribution is -2.26. The second kappa shape index (κ2) is 8.87. The van der Waals surface area contributed by atoms with E-state index in [1.54, 1.807) is 6.92 Å². The lowest BCUT2D eigenvalue weighted by Gasteiger charge is -2.10. The van der Waals surface area contributed by atoms with Gasteiger partial charge in [0.1, 0.15) is 16.5 Å². The van der Waals surface area contributed by atoms with Gasteiger partial charge in [-0.05, 0) is 37.3 Å². The van der Waals surface area contributed by atoms with Crippen LogP contribution in [0.3, 0.4) is 0 Å². The third-order valence-corrected chi connectivity index (χ3v) is 5.51. The molecule has 11 heteroatoms. The summed E-state index contributed by atoms with van der Waals surface area (Å²) in [6, 6.07) is 7.92. The van der Waals surface area contributed by atoms with Gasteiger partial charge in [0.15, 0.2) is 17.3 Å². The summed E-state index contributed by atoms with van der Waals surface area (Å²) in [5.41, 5.74) is -1.45. The van der Waals surface area contributed by atoms with Crippen molar-refractivity contribution in [1.29, 1.82) is 0 Å². The first kappa shape index (κ1) is 22.2. The van der Waals surface area contributed by atoms with Crippen LogP contribution in [-0.4, -0.2) is 28.3 Å². The molecule has 0 spiro atoms. The van der Waals surface area contributed by atoms with Crippen LogP contribution >= 0.6 is 11.3 Å². The summed E-state index contributed by atoms with van der Waals surface area (Å²) in [7, 11) is 0. The number of esters is 1. The molecule has 2 aromatic heterocycles. The molecule has 0 saturated heterocycles. The van der Waals surface area contributed by atoms with Crippen molar-refractivity contribution in [1.82, 2.24) is 9.78 Å². The molecule has 0 saturated carbocycles. The number of carbonyl (C=O) groups is 2. The summed E-state index contributed by atoms with van der Waals surface area (Å²) in [5.74, 6) is -4.75. The third-order valence-electron chi connectivity index (χ3n) is 4.61. The van der Waals surface area contributed by atoms with E-state index in [2.05, 4.69) is 10.4 Å². The standard InChI is InChI=1S/C22H14F3N3O4S/c1-2-32-22(31)18-12-10-33-20(26-19(29)11-7-8-13(23)15(25)9-11)17(12)21(30)28(27-18)16-6-4-3-5-14(16)24/h3-10H,2H2,1H3,(H,26,29). The van der Waals surface area contributed by atoms with Gasteiger partial charge in [0.2, 0.25) is 0 Å². The number of rotatable bonds is 5. The fraction of sp³-hybridized carbons (Fsp3) is 0.0909. The predicted octanol–water partition coefficient (Wildman–Crippen LogP) is 4.29. The molecule has 2 aromatic carbocycles. The number of ether oxygens (including phenoxy) is 1. The largest absolute Gasteiger partial charge is 0.461 e. The number of nitrogens with one attached hydrogen (secondary N) is 1. The van der Waals surface area contributed by atoms with Crippen LogP contribution in [0.4, 0.5) is 18.2 Å². The van der Waals surface area contributed by atoms with Gasteiger partial charge in [-0.15, -0.1) is 11.3 Å². The fourth-order valence-corrected chi connectivity index (χ4v) is 4.02. The molecule has 1 amide bonds. The van der Waals surface area contributed by atoms with Gasteiger partial charge in [0, 0.05) is 16.3 Å². The van der Waals surface area contributed by atoms with E-state index in [0.29, 0.717) is 10.7 Å². The van der Waals surface area contributed by atoms with E-state index in [1.165, 1.54) is 23.6 Å². The molecule has 0 aliphatic rings. The molecule has 4 aromatic rings. The van der Waals surface area contributed by atoms with Gasteiger partial charge >= 0.3 is 5.97 Å². The average Bonchev–Trinajstić information content (AvgIpc) is 3.20. The van der Waals surface area contributed by atoms with E-state index in [4.69, 9.17) is 4.74 Å². The lowest BCUT2D eigenvalue weighted by atomic mass is 10.2. The van der Waals surface area contributed by atoms with Gasteiger partial charge in [-0.25, -0.2) is 18.0 Å². The molecular weight excluding hydrogens is 459 g/mol. The smallest absolute Gasteiger partial charge is 0.359 e.